The van der Waals surface area contributed by atoms with Crippen molar-refractivity contribution in [1.82, 2.24) is 5.32 Å². The number of aliphatic hydroxyl groups is 2. The molecule has 0 saturated carbocycles. The van der Waals surface area contributed by atoms with Crippen molar-refractivity contribution in [2.45, 2.75) is 341 Å². The van der Waals surface area contributed by atoms with E-state index in [1.165, 1.54) is 238 Å². The van der Waals surface area contributed by atoms with E-state index in [4.69, 9.17) is 4.74 Å². The van der Waals surface area contributed by atoms with Crippen LogP contribution in [-0.4, -0.2) is 47.4 Å². The molecule has 6 nitrogen and oxygen atoms in total. The fourth-order valence-corrected chi connectivity index (χ4v) is 9.27. The number of ether oxygens (including phenoxy) is 1. The van der Waals surface area contributed by atoms with Crippen LogP contribution in [-0.2, 0) is 14.3 Å². The highest BCUT2D eigenvalue weighted by Crippen LogP contribution is 2.18. The van der Waals surface area contributed by atoms with Crippen molar-refractivity contribution >= 4 is 11.9 Å². The summed E-state index contributed by atoms with van der Waals surface area (Å²) in [5.41, 5.74) is 0. The zero-order valence-electron chi connectivity index (χ0n) is 44.0. The lowest BCUT2D eigenvalue weighted by molar-refractivity contribution is -0.143. The molecule has 0 bridgehead atoms. The summed E-state index contributed by atoms with van der Waals surface area (Å²) in [6, 6.07) is -0.554. The van der Waals surface area contributed by atoms with E-state index >= 15 is 0 Å². The van der Waals surface area contributed by atoms with Gasteiger partial charge in [0.05, 0.1) is 25.4 Å². The first-order valence-corrected chi connectivity index (χ1v) is 29.4. The predicted octanol–water partition coefficient (Wildman–Crippen LogP) is 18.1. The van der Waals surface area contributed by atoms with Crippen LogP contribution in [0.1, 0.15) is 328 Å². The Morgan fingerprint density at radius 1 is 0.415 bits per heavy atom. The second-order valence-corrected chi connectivity index (χ2v) is 20.3. The van der Waals surface area contributed by atoms with Crippen molar-refractivity contribution in [3.63, 3.8) is 0 Å². The summed E-state index contributed by atoms with van der Waals surface area (Å²) in [4.78, 5) is 24.5. The normalized spacial score (nSPS) is 12.6. The van der Waals surface area contributed by atoms with Gasteiger partial charge in [0.15, 0.2) is 0 Å². The van der Waals surface area contributed by atoms with Gasteiger partial charge in [0.2, 0.25) is 5.91 Å². The summed E-state index contributed by atoms with van der Waals surface area (Å²) in [7, 11) is 0. The summed E-state index contributed by atoms with van der Waals surface area (Å²) in [5, 5.41) is 23.4. The molecule has 0 aromatic heterocycles. The average molecular weight is 919 g/mol. The number of amides is 1. The summed E-state index contributed by atoms with van der Waals surface area (Å²) in [5.74, 6) is -0.0663. The van der Waals surface area contributed by atoms with Crippen LogP contribution in [0, 0.1) is 0 Å². The monoisotopic (exact) mass is 918 g/mol. The van der Waals surface area contributed by atoms with E-state index in [1.807, 2.05) is 0 Å². The van der Waals surface area contributed by atoms with Crippen molar-refractivity contribution in [1.29, 1.82) is 0 Å². The van der Waals surface area contributed by atoms with E-state index in [9.17, 15) is 19.8 Å². The Bertz CT molecular complexity index is 970. The molecule has 0 aliphatic carbocycles. The van der Waals surface area contributed by atoms with Crippen LogP contribution in [0.25, 0.3) is 0 Å². The number of carbonyl (C=O) groups excluding carboxylic acids is 2. The highest BCUT2D eigenvalue weighted by molar-refractivity contribution is 5.76. The molecule has 0 fully saturated rings. The minimum Gasteiger partial charge on any atom is -0.466 e. The predicted molar refractivity (Wildman–Crippen MR) is 283 cm³/mol. The summed E-state index contributed by atoms with van der Waals surface area (Å²) < 4.78 is 5.44. The number of aliphatic hydroxyl groups excluding tert-OH is 2. The lowest BCUT2D eigenvalue weighted by Crippen LogP contribution is -2.45. The number of nitrogens with one attached hydrogen (secondary N) is 1. The first-order chi connectivity index (χ1) is 32.0. The molecule has 0 aliphatic heterocycles. The van der Waals surface area contributed by atoms with Gasteiger partial charge in [-0.1, -0.05) is 283 Å². The first-order valence-electron chi connectivity index (χ1n) is 29.4. The number of allylic oxidation sites excluding steroid dienone is 2. The summed E-state index contributed by atoms with van der Waals surface area (Å²) in [6.07, 6.45) is 64.9. The Balaban J connectivity index is 3.44. The summed E-state index contributed by atoms with van der Waals surface area (Å²) in [6.45, 7) is 4.90. The maximum absolute atomic E-state index is 12.5. The Morgan fingerprint density at radius 2 is 0.738 bits per heavy atom. The third kappa shape index (κ3) is 51.8. The van der Waals surface area contributed by atoms with Crippen LogP contribution in [0.4, 0.5) is 0 Å². The third-order valence-electron chi connectivity index (χ3n) is 13.8. The highest BCUT2D eigenvalue weighted by atomic mass is 16.5. The molecular weight excluding hydrogens is 803 g/mol. The molecule has 0 aromatic rings. The van der Waals surface area contributed by atoms with E-state index in [2.05, 4.69) is 31.3 Å². The molecular formula is C59H115NO5. The number of hydrogen-bond donors (Lipinski definition) is 3. The fraction of sp³-hybridized carbons (Fsp3) is 0.932. The molecule has 0 aliphatic rings. The standard InChI is InChI=1S/C59H115NO5/c1-3-5-7-9-11-13-15-16-17-18-19-20-21-22-23-24-25-26-27-28-32-35-39-43-47-51-57(62)56(55-61)60-58(63)52-48-44-40-36-33-29-30-34-38-42-46-50-54-65-59(64)53-49-45-41-37-31-14-12-10-8-6-4-2/h10,12,56-57,61-62H,3-9,11,13-55H2,1-2H3,(H,60,63)/b12-10-. The Kier molecular flexibility index (Phi) is 54.0. The maximum Gasteiger partial charge on any atom is 0.305 e. The van der Waals surface area contributed by atoms with Crippen LogP contribution in [0.5, 0.6) is 0 Å². The van der Waals surface area contributed by atoms with E-state index in [1.54, 1.807) is 0 Å². The van der Waals surface area contributed by atoms with Crippen LogP contribution in [0.3, 0.4) is 0 Å². The molecule has 2 unspecified atom stereocenters. The van der Waals surface area contributed by atoms with Gasteiger partial charge >= 0.3 is 5.97 Å². The first kappa shape index (κ1) is 63.6. The third-order valence-corrected chi connectivity index (χ3v) is 13.8. The second-order valence-electron chi connectivity index (χ2n) is 20.3. The number of unbranched alkanes of at least 4 members (excludes halogenated alkanes) is 42. The number of esters is 1. The quantitative estimate of drug-likeness (QED) is 0.0321. The zero-order valence-corrected chi connectivity index (χ0v) is 44.0. The lowest BCUT2D eigenvalue weighted by Gasteiger charge is -2.22. The van der Waals surface area contributed by atoms with Crippen molar-refractivity contribution in [3.05, 3.63) is 12.2 Å². The minimum absolute atomic E-state index is 0.0191. The molecule has 1 amide bonds. The van der Waals surface area contributed by atoms with Gasteiger partial charge in [-0.3, -0.25) is 9.59 Å². The van der Waals surface area contributed by atoms with Gasteiger partial charge in [-0.15, -0.1) is 0 Å². The Hall–Kier alpha value is -1.40. The number of carbonyl (C=O) groups is 2. The van der Waals surface area contributed by atoms with Gasteiger partial charge in [-0.2, -0.15) is 0 Å². The number of rotatable bonds is 55. The van der Waals surface area contributed by atoms with Crippen LogP contribution in [0.2, 0.25) is 0 Å². The van der Waals surface area contributed by atoms with Gasteiger partial charge in [-0.25, -0.2) is 0 Å². The largest absolute Gasteiger partial charge is 0.466 e. The van der Waals surface area contributed by atoms with Crippen molar-refractivity contribution in [2.75, 3.05) is 13.2 Å². The highest BCUT2D eigenvalue weighted by Gasteiger charge is 2.20. The Morgan fingerprint density at radius 3 is 1.14 bits per heavy atom. The molecule has 65 heavy (non-hydrogen) atoms. The van der Waals surface area contributed by atoms with E-state index in [-0.39, 0.29) is 18.5 Å². The van der Waals surface area contributed by atoms with Crippen LogP contribution in [0.15, 0.2) is 12.2 Å². The van der Waals surface area contributed by atoms with Crippen molar-refractivity contribution in [3.8, 4) is 0 Å². The fourth-order valence-electron chi connectivity index (χ4n) is 9.27. The topological polar surface area (TPSA) is 95.9 Å². The molecule has 0 aromatic carbocycles. The maximum atomic E-state index is 12.5. The van der Waals surface area contributed by atoms with Gasteiger partial charge in [0.25, 0.3) is 0 Å². The van der Waals surface area contributed by atoms with Gasteiger partial charge in [0.1, 0.15) is 0 Å². The van der Waals surface area contributed by atoms with Crippen LogP contribution >= 0.6 is 0 Å². The smallest absolute Gasteiger partial charge is 0.305 e. The molecule has 0 spiro atoms. The second kappa shape index (κ2) is 55.2. The lowest BCUT2D eigenvalue weighted by atomic mass is 10.0. The minimum atomic E-state index is -0.675. The van der Waals surface area contributed by atoms with E-state index in [0.717, 1.165) is 57.8 Å². The van der Waals surface area contributed by atoms with Gasteiger partial charge in [0, 0.05) is 12.8 Å². The molecule has 2 atom stereocenters. The van der Waals surface area contributed by atoms with E-state index in [0.29, 0.717) is 25.9 Å². The zero-order chi connectivity index (χ0) is 47.2. The molecule has 6 heteroatoms. The average Bonchev–Trinajstić information content (AvgIpc) is 3.31. The van der Waals surface area contributed by atoms with Crippen molar-refractivity contribution < 1.29 is 24.5 Å². The molecule has 0 heterocycles. The SMILES string of the molecule is CCCC/C=C\CCCCCCCC(=O)OCCCCCCCCCCCCCCC(=O)NC(CO)C(O)CCCCCCCCCCCCCCCCCCCCCCCCCCC. The number of hydrogen-bond acceptors (Lipinski definition) is 5. The molecule has 0 rings (SSSR count). The van der Waals surface area contributed by atoms with Gasteiger partial charge < -0.3 is 20.3 Å². The van der Waals surface area contributed by atoms with Gasteiger partial charge in [-0.05, 0) is 44.9 Å². The summed E-state index contributed by atoms with van der Waals surface area (Å²) >= 11 is 0. The van der Waals surface area contributed by atoms with E-state index < -0.39 is 12.1 Å². The Labute approximate surface area is 406 Å². The molecule has 0 radical (unpaired) electrons. The molecule has 0 saturated heterocycles. The molecule has 3 N–H and O–H groups in total. The molecule has 386 valence electrons. The van der Waals surface area contributed by atoms with Crippen LogP contribution < -0.4 is 5.32 Å². The van der Waals surface area contributed by atoms with Crippen molar-refractivity contribution in [2.24, 2.45) is 0 Å².